The quantitative estimate of drug-likeness (QED) is 0.814. The maximum absolute atomic E-state index is 11.7. The van der Waals surface area contributed by atoms with Crippen LogP contribution in [0.15, 0.2) is 35.0 Å². The number of aliphatic hydroxyl groups excluding tert-OH is 1. The lowest BCUT2D eigenvalue weighted by Crippen LogP contribution is -2.34. The second-order valence-corrected chi connectivity index (χ2v) is 4.03. The number of nitrogens with one attached hydrogen (secondary N) is 1. The van der Waals surface area contributed by atoms with E-state index in [1.54, 1.807) is 29.9 Å². The lowest BCUT2D eigenvalue weighted by molar-refractivity contribution is 0.0892. The van der Waals surface area contributed by atoms with Gasteiger partial charge in [-0.1, -0.05) is 0 Å². The molecule has 0 fully saturated rings. The monoisotopic (exact) mass is 249 g/mol. The maximum Gasteiger partial charge on any atom is 0.287 e. The molecular weight excluding hydrogens is 234 g/mol. The van der Waals surface area contributed by atoms with E-state index in [0.29, 0.717) is 12.3 Å². The van der Waals surface area contributed by atoms with Crippen molar-refractivity contribution in [2.45, 2.75) is 19.5 Å². The molecule has 0 aliphatic heterocycles. The minimum absolute atomic E-state index is 0.105. The van der Waals surface area contributed by atoms with Crippen molar-refractivity contribution >= 4 is 5.91 Å². The van der Waals surface area contributed by atoms with Crippen molar-refractivity contribution in [2.24, 2.45) is 0 Å². The zero-order valence-corrected chi connectivity index (χ0v) is 10.0. The fourth-order valence-corrected chi connectivity index (χ4v) is 1.48. The van der Waals surface area contributed by atoms with Gasteiger partial charge in [-0.15, -0.1) is 0 Å². The first-order valence-corrected chi connectivity index (χ1v) is 5.67. The average Bonchev–Trinajstić information content (AvgIpc) is 3.00. The van der Waals surface area contributed by atoms with E-state index >= 15 is 0 Å². The minimum atomic E-state index is -0.330. The third-order valence-corrected chi connectivity index (χ3v) is 2.41. The van der Waals surface area contributed by atoms with Crippen molar-refractivity contribution in [2.75, 3.05) is 6.61 Å². The van der Waals surface area contributed by atoms with Gasteiger partial charge in [0.2, 0.25) is 0 Å². The van der Waals surface area contributed by atoms with Crippen LogP contribution in [-0.2, 0) is 6.54 Å². The van der Waals surface area contributed by atoms with Gasteiger partial charge >= 0.3 is 0 Å². The number of aliphatic hydroxyl groups is 1. The molecule has 1 atom stereocenters. The zero-order valence-electron chi connectivity index (χ0n) is 10.0. The summed E-state index contributed by atoms with van der Waals surface area (Å²) in [5.41, 5.74) is 0. The largest absolute Gasteiger partial charge is 0.454 e. The molecule has 2 rings (SSSR count). The highest BCUT2D eigenvalue weighted by Crippen LogP contribution is 2.09. The maximum atomic E-state index is 11.7. The standard InChI is InChI=1S/C12H15N3O3/c1-9(8-16)14-12(17)11-4-3-10(18-11)7-15-6-2-5-13-15/h2-6,9,16H,7-8H2,1H3,(H,14,17). The normalized spacial score (nSPS) is 12.3. The molecule has 2 aromatic heterocycles. The topological polar surface area (TPSA) is 80.3 Å². The third-order valence-electron chi connectivity index (χ3n) is 2.41. The van der Waals surface area contributed by atoms with Gasteiger partial charge in [0.1, 0.15) is 5.76 Å². The number of carbonyl (C=O) groups is 1. The van der Waals surface area contributed by atoms with Gasteiger partial charge in [0.25, 0.3) is 5.91 Å². The van der Waals surface area contributed by atoms with Gasteiger partial charge in [0.05, 0.1) is 13.2 Å². The van der Waals surface area contributed by atoms with Crippen LogP contribution in [0.4, 0.5) is 0 Å². The van der Waals surface area contributed by atoms with Gasteiger partial charge in [0, 0.05) is 18.4 Å². The van der Waals surface area contributed by atoms with Crippen molar-refractivity contribution in [3.05, 3.63) is 42.1 Å². The van der Waals surface area contributed by atoms with Gasteiger partial charge in [0.15, 0.2) is 5.76 Å². The number of hydrogen-bond donors (Lipinski definition) is 2. The van der Waals surface area contributed by atoms with Crippen LogP contribution in [0.5, 0.6) is 0 Å². The van der Waals surface area contributed by atoms with E-state index in [-0.39, 0.29) is 24.3 Å². The van der Waals surface area contributed by atoms with E-state index in [9.17, 15) is 4.79 Å². The Kier molecular flexibility index (Phi) is 3.78. The molecule has 2 heterocycles. The number of carbonyl (C=O) groups excluding carboxylic acids is 1. The molecule has 0 saturated heterocycles. The smallest absolute Gasteiger partial charge is 0.287 e. The Bertz CT molecular complexity index is 504. The summed E-state index contributed by atoms with van der Waals surface area (Å²) in [4.78, 5) is 11.7. The second-order valence-electron chi connectivity index (χ2n) is 4.03. The van der Waals surface area contributed by atoms with Crippen LogP contribution in [0.3, 0.4) is 0 Å². The molecule has 0 aliphatic carbocycles. The molecule has 2 aromatic rings. The molecule has 1 amide bonds. The minimum Gasteiger partial charge on any atom is -0.454 e. The molecule has 6 heteroatoms. The van der Waals surface area contributed by atoms with Gasteiger partial charge in [-0.25, -0.2) is 0 Å². The molecule has 18 heavy (non-hydrogen) atoms. The van der Waals surface area contributed by atoms with Gasteiger partial charge in [-0.2, -0.15) is 5.10 Å². The number of hydrogen-bond acceptors (Lipinski definition) is 4. The highest BCUT2D eigenvalue weighted by Gasteiger charge is 2.13. The third kappa shape index (κ3) is 2.98. The number of amides is 1. The molecule has 0 aromatic carbocycles. The summed E-state index contributed by atoms with van der Waals surface area (Å²) in [5, 5.41) is 15.5. The average molecular weight is 249 g/mol. The number of nitrogens with zero attached hydrogens (tertiary/aromatic N) is 2. The predicted octanol–water partition coefficient (Wildman–Crippen LogP) is 0.635. The van der Waals surface area contributed by atoms with E-state index in [4.69, 9.17) is 9.52 Å². The van der Waals surface area contributed by atoms with E-state index in [1.165, 1.54) is 0 Å². The molecule has 2 N–H and O–H groups in total. The van der Waals surface area contributed by atoms with Crippen molar-refractivity contribution < 1.29 is 14.3 Å². The van der Waals surface area contributed by atoms with E-state index in [1.807, 2.05) is 12.3 Å². The molecule has 1 unspecified atom stereocenters. The van der Waals surface area contributed by atoms with E-state index < -0.39 is 0 Å². The number of furan rings is 1. The van der Waals surface area contributed by atoms with Crippen molar-refractivity contribution in [3.63, 3.8) is 0 Å². The highest BCUT2D eigenvalue weighted by atomic mass is 16.4. The fourth-order valence-electron chi connectivity index (χ4n) is 1.48. The SMILES string of the molecule is CC(CO)NC(=O)c1ccc(Cn2cccn2)o1. The molecule has 0 spiro atoms. The molecule has 6 nitrogen and oxygen atoms in total. The number of rotatable bonds is 5. The first-order valence-electron chi connectivity index (χ1n) is 5.67. The summed E-state index contributed by atoms with van der Waals surface area (Å²) in [6.07, 6.45) is 3.50. The van der Waals surface area contributed by atoms with Crippen LogP contribution in [0, 0.1) is 0 Å². The summed E-state index contributed by atoms with van der Waals surface area (Å²) in [7, 11) is 0. The van der Waals surface area contributed by atoms with E-state index in [0.717, 1.165) is 0 Å². The summed E-state index contributed by atoms with van der Waals surface area (Å²) < 4.78 is 7.11. The summed E-state index contributed by atoms with van der Waals surface area (Å²) >= 11 is 0. The Hall–Kier alpha value is -2.08. The first-order chi connectivity index (χ1) is 8.69. The van der Waals surface area contributed by atoms with Crippen molar-refractivity contribution in [3.8, 4) is 0 Å². The van der Waals surface area contributed by atoms with Crippen LogP contribution < -0.4 is 5.32 Å². The Morgan fingerprint density at radius 3 is 3.11 bits per heavy atom. The van der Waals surface area contributed by atoms with Crippen LogP contribution in [0.1, 0.15) is 23.2 Å². The Labute approximate surface area is 104 Å². The molecule has 0 saturated carbocycles. The second kappa shape index (κ2) is 5.50. The van der Waals surface area contributed by atoms with Gasteiger partial charge in [-0.3, -0.25) is 9.48 Å². The fraction of sp³-hybridized carbons (Fsp3) is 0.333. The van der Waals surface area contributed by atoms with Crippen LogP contribution in [-0.4, -0.2) is 33.4 Å². The van der Waals surface area contributed by atoms with Gasteiger partial charge < -0.3 is 14.8 Å². The summed E-state index contributed by atoms with van der Waals surface area (Å²) in [6, 6.07) is 4.87. The number of aromatic nitrogens is 2. The van der Waals surface area contributed by atoms with Gasteiger partial charge in [-0.05, 0) is 25.1 Å². The molecular formula is C12H15N3O3. The summed E-state index contributed by atoms with van der Waals surface area (Å²) in [6.45, 7) is 2.09. The molecule has 96 valence electrons. The molecule has 0 radical (unpaired) electrons. The molecule has 0 bridgehead atoms. The predicted molar refractivity (Wildman–Crippen MR) is 64.1 cm³/mol. The first kappa shape index (κ1) is 12.4. The Morgan fingerprint density at radius 2 is 2.44 bits per heavy atom. The molecule has 0 aliphatic rings. The lowest BCUT2D eigenvalue weighted by atomic mass is 10.3. The van der Waals surface area contributed by atoms with Crippen molar-refractivity contribution in [1.29, 1.82) is 0 Å². The van der Waals surface area contributed by atoms with Crippen LogP contribution >= 0.6 is 0 Å². The Morgan fingerprint density at radius 1 is 1.61 bits per heavy atom. The highest BCUT2D eigenvalue weighted by molar-refractivity contribution is 5.91. The zero-order chi connectivity index (χ0) is 13.0. The lowest BCUT2D eigenvalue weighted by Gasteiger charge is -2.08. The van der Waals surface area contributed by atoms with E-state index in [2.05, 4.69) is 10.4 Å². The summed E-state index contributed by atoms with van der Waals surface area (Å²) in [5.74, 6) is 0.557. The van der Waals surface area contributed by atoms with Crippen molar-refractivity contribution in [1.82, 2.24) is 15.1 Å². The van der Waals surface area contributed by atoms with Crippen LogP contribution in [0.2, 0.25) is 0 Å². The van der Waals surface area contributed by atoms with Crippen LogP contribution in [0.25, 0.3) is 0 Å². The Balaban J connectivity index is 1.99.